The highest BCUT2D eigenvalue weighted by Gasteiger charge is 2.30. The normalized spacial score (nSPS) is 19.1. The summed E-state index contributed by atoms with van der Waals surface area (Å²) in [6.45, 7) is 2.83. The van der Waals surface area contributed by atoms with Gasteiger partial charge in [0, 0.05) is 29.9 Å². The molecule has 1 amide bonds. The molecule has 10 heteroatoms. The maximum absolute atomic E-state index is 13.5. The van der Waals surface area contributed by atoms with E-state index in [9.17, 15) is 9.59 Å². The van der Waals surface area contributed by atoms with Crippen LogP contribution in [0.4, 0.5) is 11.5 Å². The number of nitrogen functional groups attached to an aromatic ring is 1. The number of aryl methyl sites for hydroxylation is 1. The first-order valence-electron chi connectivity index (χ1n) is 13.4. The number of nitrogens with two attached hydrogens (primary N) is 1. The molecule has 39 heavy (non-hydrogen) atoms. The van der Waals surface area contributed by atoms with Gasteiger partial charge in [-0.05, 0) is 74.3 Å². The van der Waals surface area contributed by atoms with Gasteiger partial charge in [0.1, 0.15) is 18.0 Å². The van der Waals surface area contributed by atoms with E-state index in [1.807, 2.05) is 37.3 Å². The molecule has 1 fully saturated rings. The number of benzene rings is 1. The molecule has 0 bridgehead atoms. The number of carboxylic acid groups (broad SMARTS) is 1. The number of hydrogen-bond acceptors (Lipinski definition) is 8. The van der Waals surface area contributed by atoms with Gasteiger partial charge >= 0.3 is 12.0 Å². The van der Waals surface area contributed by atoms with Crippen LogP contribution in [0, 0.1) is 12.8 Å². The molecule has 0 spiro atoms. The van der Waals surface area contributed by atoms with E-state index >= 15 is 0 Å². The summed E-state index contributed by atoms with van der Waals surface area (Å²) in [6.07, 6.45) is 4.62. The number of aliphatic carboxylic acids is 1. The van der Waals surface area contributed by atoms with Crippen LogP contribution in [0.2, 0.25) is 0 Å². The highest BCUT2D eigenvalue weighted by atomic mass is 16.5. The van der Waals surface area contributed by atoms with Crippen LogP contribution in [0.15, 0.2) is 42.5 Å². The van der Waals surface area contributed by atoms with E-state index in [1.165, 1.54) is 5.56 Å². The van der Waals surface area contributed by atoms with Crippen molar-refractivity contribution in [2.45, 2.75) is 51.4 Å². The smallest absolute Gasteiger partial charge is 0.321 e. The molecule has 5 rings (SSSR count). The highest BCUT2D eigenvalue weighted by molar-refractivity contribution is 6.10. The van der Waals surface area contributed by atoms with Gasteiger partial charge in [0.15, 0.2) is 0 Å². The van der Waals surface area contributed by atoms with Crippen LogP contribution in [0.1, 0.15) is 65.3 Å². The molecule has 2 aromatic heterocycles. The topological polar surface area (TPSA) is 141 Å². The molecule has 1 aromatic carbocycles. The van der Waals surface area contributed by atoms with Crippen LogP contribution in [-0.4, -0.2) is 51.7 Å². The second-order valence-corrected chi connectivity index (χ2v) is 10.2. The fraction of sp³-hybridized carbons (Fsp3) is 0.414. The summed E-state index contributed by atoms with van der Waals surface area (Å²) in [4.78, 5) is 39.1. The van der Waals surface area contributed by atoms with Crippen molar-refractivity contribution in [2.24, 2.45) is 5.92 Å². The zero-order valence-electron chi connectivity index (χ0n) is 22.0. The lowest BCUT2D eigenvalue weighted by molar-refractivity contribution is -0.138. The minimum atomic E-state index is -0.721. The molecule has 3 heterocycles. The molecular weight excluding hydrogens is 498 g/mol. The molecule has 3 aromatic rings. The number of hydrogen-bond donors (Lipinski definition) is 2. The SMILES string of the molecule is Cc1cccc(CCOc2nc(N)c3c(n2)OCCN(c2ccc(C4CCC(CC(=O)O)CC4)cc2)C3=O)n1. The number of aromatic nitrogens is 3. The van der Waals surface area contributed by atoms with Crippen LogP contribution >= 0.6 is 0 Å². The van der Waals surface area contributed by atoms with Gasteiger partial charge in [-0.2, -0.15) is 9.97 Å². The van der Waals surface area contributed by atoms with Crippen molar-refractivity contribution in [2.75, 3.05) is 30.4 Å². The van der Waals surface area contributed by atoms with Gasteiger partial charge < -0.3 is 25.2 Å². The highest BCUT2D eigenvalue weighted by Crippen LogP contribution is 2.38. The van der Waals surface area contributed by atoms with Crippen LogP contribution < -0.4 is 20.1 Å². The summed E-state index contributed by atoms with van der Waals surface area (Å²) in [5.74, 6) is -0.254. The lowest BCUT2D eigenvalue weighted by Gasteiger charge is -2.28. The van der Waals surface area contributed by atoms with Gasteiger partial charge in [0.2, 0.25) is 5.88 Å². The molecule has 0 radical (unpaired) electrons. The second-order valence-electron chi connectivity index (χ2n) is 10.2. The Labute approximate surface area is 227 Å². The third kappa shape index (κ3) is 6.27. The van der Waals surface area contributed by atoms with E-state index in [-0.39, 0.29) is 48.1 Å². The van der Waals surface area contributed by atoms with Crippen molar-refractivity contribution in [3.63, 3.8) is 0 Å². The maximum atomic E-state index is 13.5. The van der Waals surface area contributed by atoms with E-state index in [2.05, 4.69) is 27.1 Å². The van der Waals surface area contributed by atoms with Gasteiger partial charge in [0.25, 0.3) is 5.91 Å². The minimum Gasteiger partial charge on any atom is -0.481 e. The molecule has 0 saturated heterocycles. The first kappa shape index (κ1) is 26.4. The molecule has 10 nitrogen and oxygen atoms in total. The molecule has 1 saturated carbocycles. The van der Waals surface area contributed by atoms with Crippen LogP contribution in [0.25, 0.3) is 0 Å². The fourth-order valence-electron chi connectivity index (χ4n) is 5.38. The Bertz CT molecular complexity index is 1340. The standard InChI is InChI=1S/C29H33N5O5/c1-18-3-2-4-22(31-18)13-15-39-29-32-26(30)25-27(33-29)38-16-14-34(28(25)37)23-11-9-21(10-12-23)20-7-5-19(6-8-20)17-24(35)36/h2-4,9-12,19-20H,5-8,13-17H2,1H3,(H,35,36)(H2,30,32,33). The summed E-state index contributed by atoms with van der Waals surface area (Å²) in [5.41, 5.74) is 10.1. The van der Waals surface area contributed by atoms with Crippen molar-refractivity contribution in [3.8, 4) is 11.9 Å². The zero-order chi connectivity index (χ0) is 27.4. The first-order valence-corrected chi connectivity index (χ1v) is 13.4. The van der Waals surface area contributed by atoms with Gasteiger partial charge in [-0.1, -0.05) is 18.2 Å². The average molecular weight is 532 g/mol. The lowest BCUT2D eigenvalue weighted by atomic mass is 9.77. The molecule has 1 aliphatic carbocycles. The number of rotatable bonds is 8. The van der Waals surface area contributed by atoms with Gasteiger partial charge in [-0.25, -0.2) is 0 Å². The Balaban J connectivity index is 1.24. The van der Waals surface area contributed by atoms with E-state index in [4.69, 9.17) is 20.3 Å². The van der Waals surface area contributed by atoms with E-state index in [1.54, 1.807) is 4.90 Å². The second kappa shape index (κ2) is 11.7. The molecule has 3 N–H and O–H groups in total. The Morgan fingerprint density at radius 3 is 2.59 bits per heavy atom. The first-order chi connectivity index (χ1) is 18.9. The van der Waals surface area contributed by atoms with Crippen molar-refractivity contribution in [1.82, 2.24) is 15.0 Å². The molecule has 0 atom stereocenters. The monoisotopic (exact) mass is 531 g/mol. The lowest BCUT2D eigenvalue weighted by Crippen LogP contribution is -2.32. The molecule has 1 aliphatic heterocycles. The van der Waals surface area contributed by atoms with Crippen molar-refractivity contribution in [1.29, 1.82) is 0 Å². The van der Waals surface area contributed by atoms with Gasteiger partial charge in [0.05, 0.1) is 13.2 Å². The third-order valence-corrected chi connectivity index (χ3v) is 7.42. The number of fused-ring (bicyclic) bond motifs is 1. The Morgan fingerprint density at radius 1 is 1.10 bits per heavy atom. The van der Waals surface area contributed by atoms with E-state index in [0.717, 1.165) is 42.8 Å². The molecular formula is C29H33N5O5. The fourth-order valence-corrected chi connectivity index (χ4v) is 5.38. The minimum absolute atomic E-state index is 0.00956. The summed E-state index contributed by atoms with van der Waals surface area (Å²) in [7, 11) is 0. The number of carbonyl (C=O) groups is 2. The van der Waals surface area contributed by atoms with Crippen LogP contribution in [-0.2, 0) is 11.2 Å². The Morgan fingerprint density at radius 2 is 1.87 bits per heavy atom. The Kier molecular flexibility index (Phi) is 7.90. The zero-order valence-corrected chi connectivity index (χ0v) is 22.0. The van der Waals surface area contributed by atoms with E-state index < -0.39 is 5.97 Å². The number of anilines is 2. The number of pyridine rings is 1. The van der Waals surface area contributed by atoms with Crippen molar-refractivity contribution < 1.29 is 24.2 Å². The number of carboxylic acids is 1. The van der Waals surface area contributed by atoms with Crippen LogP contribution in [0.3, 0.4) is 0 Å². The van der Waals surface area contributed by atoms with Crippen molar-refractivity contribution >= 4 is 23.4 Å². The van der Waals surface area contributed by atoms with E-state index in [0.29, 0.717) is 25.5 Å². The number of carbonyl (C=O) groups excluding carboxylic acids is 1. The molecule has 204 valence electrons. The summed E-state index contributed by atoms with van der Waals surface area (Å²) in [5, 5.41) is 9.05. The number of ether oxygens (including phenoxy) is 2. The molecule has 0 unspecified atom stereocenters. The van der Waals surface area contributed by atoms with Gasteiger partial charge in [-0.15, -0.1) is 0 Å². The van der Waals surface area contributed by atoms with Gasteiger partial charge in [-0.3, -0.25) is 14.6 Å². The Hall–Kier alpha value is -4.21. The number of amides is 1. The van der Waals surface area contributed by atoms with Crippen molar-refractivity contribution in [3.05, 3.63) is 65.0 Å². The third-order valence-electron chi connectivity index (χ3n) is 7.42. The number of nitrogens with zero attached hydrogens (tertiary/aromatic N) is 4. The predicted octanol–water partition coefficient (Wildman–Crippen LogP) is 4.17. The predicted molar refractivity (Wildman–Crippen MR) is 145 cm³/mol. The maximum Gasteiger partial charge on any atom is 0.321 e. The molecule has 2 aliphatic rings. The quantitative estimate of drug-likeness (QED) is 0.438. The summed E-state index contributed by atoms with van der Waals surface area (Å²) in [6, 6.07) is 13.9. The largest absolute Gasteiger partial charge is 0.481 e. The average Bonchev–Trinajstić information content (AvgIpc) is 3.08. The summed E-state index contributed by atoms with van der Waals surface area (Å²) >= 11 is 0. The summed E-state index contributed by atoms with van der Waals surface area (Å²) < 4.78 is 11.5. The van der Waals surface area contributed by atoms with Crippen LogP contribution in [0.5, 0.6) is 11.9 Å².